The molecule has 0 fully saturated rings. The molecule has 82 valence electrons. The second kappa shape index (κ2) is 5.04. The lowest BCUT2D eigenvalue weighted by Gasteiger charge is -2.18. The van der Waals surface area contributed by atoms with Crippen molar-refractivity contribution in [2.24, 2.45) is 0 Å². The van der Waals surface area contributed by atoms with Crippen LogP contribution in [0.15, 0.2) is 6.33 Å². The maximum absolute atomic E-state index is 5.53. The third-order valence-electron chi connectivity index (χ3n) is 2.36. The number of hydrogen-bond acceptors (Lipinski definition) is 5. The van der Waals surface area contributed by atoms with Crippen LogP contribution in [0.4, 0.5) is 0 Å². The van der Waals surface area contributed by atoms with Crippen molar-refractivity contribution in [2.75, 3.05) is 26.9 Å². The van der Waals surface area contributed by atoms with Crippen molar-refractivity contribution in [3.63, 3.8) is 0 Å². The number of aromatic nitrogens is 2. The minimum atomic E-state index is 0.528. The van der Waals surface area contributed by atoms with Gasteiger partial charge in [-0.3, -0.25) is 0 Å². The van der Waals surface area contributed by atoms with E-state index in [4.69, 9.17) is 9.47 Å². The zero-order chi connectivity index (χ0) is 10.5. The van der Waals surface area contributed by atoms with Gasteiger partial charge in [0.2, 0.25) is 5.88 Å². The first-order valence-electron chi connectivity index (χ1n) is 5.07. The van der Waals surface area contributed by atoms with Gasteiger partial charge >= 0.3 is 0 Å². The van der Waals surface area contributed by atoms with E-state index >= 15 is 0 Å². The molecule has 1 aromatic rings. The first-order chi connectivity index (χ1) is 7.42. The molecule has 0 amide bonds. The summed E-state index contributed by atoms with van der Waals surface area (Å²) in [6.45, 7) is 2.87. The second-order valence-electron chi connectivity index (χ2n) is 3.37. The highest BCUT2D eigenvalue weighted by Crippen LogP contribution is 2.20. The van der Waals surface area contributed by atoms with Gasteiger partial charge in [0.05, 0.1) is 12.3 Å². The monoisotopic (exact) mass is 209 g/mol. The first kappa shape index (κ1) is 10.3. The van der Waals surface area contributed by atoms with Crippen molar-refractivity contribution in [1.29, 1.82) is 0 Å². The molecule has 0 unspecified atom stereocenters. The molecule has 0 radical (unpaired) electrons. The molecule has 0 bridgehead atoms. The van der Waals surface area contributed by atoms with Gasteiger partial charge in [0.1, 0.15) is 12.9 Å². The molecule has 0 aromatic carbocycles. The largest absolute Gasteiger partial charge is 0.475 e. The van der Waals surface area contributed by atoms with Crippen LogP contribution in [0.2, 0.25) is 0 Å². The lowest BCUT2D eigenvalue weighted by atomic mass is 10.1. The second-order valence-corrected chi connectivity index (χ2v) is 3.37. The maximum Gasteiger partial charge on any atom is 0.221 e. The Balaban J connectivity index is 2.09. The van der Waals surface area contributed by atoms with Gasteiger partial charge in [-0.1, -0.05) is 0 Å². The fraction of sp³-hybridized carbons (Fsp3) is 0.600. The van der Waals surface area contributed by atoms with E-state index in [0.717, 1.165) is 30.8 Å². The van der Waals surface area contributed by atoms with E-state index < -0.39 is 0 Å². The highest BCUT2D eigenvalue weighted by Gasteiger charge is 2.15. The maximum atomic E-state index is 5.53. The van der Waals surface area contributed by atoms with Crippen molar-refractivity contribution < 1.29 is 9.47 Å². The van der Waals surface area contributed by atoms with Crippen LogP contribution in [0, 0.1) is 0 Å². The first-order valence-corrected chi connectivity index (χ1v) is 5.07. The molecule has 0 atom stereocenters. The number of ether oxygens (including phenoxy) is 2. The predicted octanol–water partition coefficient (Wildman–Crippen LogP) is 0.148. The quantitative estimate of drug-likeness (QED) is 0.715. The van der Waals surface area contributed by atoms with Gasteiger partial charge in [0, 0.05) is 32.2 Å². The minimum absolute atomic E-state index is 0.528. The van der Waals surface area contributed by atoms with Crippen LogP contribution >= 0.6 is 0 Å². The van der Waals surface area contributed by atoms with Crippen LogP contribution in [0.1, 0.15) is 11.3 Å². The molecular weight excluding hydrogens is 194 g/mol. The van der Waals surface area contributed by atoms with Crippen LogP contribution < -0.4 is 10.1 Å². The van der Waals surface area contributed by atoms with Crippen LogP contribution in [0.3, 0.4) is 0 Å². The Bertz CT molecular complexity index is 330. The number of rotatable bonds is 4. The SMILES string of the molecule is COCCOc1ncnc2c1CNCC2. The molecule has 5 nitrogen and oxygen atoms in total. The summed E-state index contributed by atoms with van der Waals surface area (Å²) in [6.07, 6.45) is 2.50. The van der Waals surface area contributed by atoms with E-state index in [1.807, 2.05) is 0 Å². The summed E-state index contributed by atoms with van der Waals surface area (Å²) in [7, 11) is 1.65. The Hall–Kier alpha value is -1.20. The third kappa shape index (κ3) is 2.43. The van der Waals surface area contributed by atoms with Gasteiger partial charge in [-0.2, -0.15) is 0 Å². The summed E-state index contributed by atoms with van der Waals surface area (Å²) in [6, 6.07) is 0. The number of methoxy groups -OCH3 is 1. The summed E-state index contributed by atoms with van der Waals surface area (Å²) in [4.78, 5) is 8.38. The zero-order valence-electron chi connectivity index (χ0n) is 8.82. The van der Waals surface area contributed by atoms with E-state index in [1.165, 1.54) is 0 Å². The Labute approximate surface area is 88.8 Å². The summed E-state index contributed by atoms with van der Waals surface area (Å²) >= 11 is 0. The van der Waals surface area contributed by atoms with Gasteiger partial charge in [-0.15, -0.1) is 0 Å². The fourth-order valence-corrected chi connectivity index (χ4v) is 1.59. The van der Waals surface area contributed by atoms with Crippen molar-refractivity contribution in [3.05, 3.63) is 17.6 Å². The molecule has 1 aliphatic heterocycles. The number of hydrogen-bond donors (Lipinski definition) is 1. The molecule has 0 spiro atoms. The van der Waals surface area contributed by atoms with E-state index in [1.54, 1.807) is 13.4 Å². The Morgan fingerprint density at radius 2 is 2.33 bits per heavy atom. The Morgan fingerprint density at radius 3 is 3.20 bits per heavy atom. The molecular formula is C10H15N3O2. The number of nitrogens with one attached hydrogen (secondary N) is 1. The molecule has 0 saturated heterocycles. The van der Waals surface area contributed by atoms with Gasteiger partial charge in [0.15, 0.2) is 0 Å². The average molecular weight is 209 g/mol. The lowest BCUT2D eigenvalue weighted by Crippen LogP contribution is -2.25. The Morgan fingerprint density at radius 1 is 1.40 bits per heavy atom. The smallest absolute Gasteiger partial charge is 0.221 e. The van der Waals surface area contributed by atoms with Crippen LogP contribution in [-0.4, -0.2) is 36.8 Å². The normalized spacial score (nSPS) is 14.7. The van der Waals surface area contributed by atoms with Crippen molar-refractivity contribution in [1.82, 2.24) is 15.3 Å². The molecule has 5 heteroatoms. The molecule has 2 heterocycles. The number of fused-ring (bicyclic) bond motifs is 1. The summed E-state index contributed by atoms with van der Waals surface area (Å²) in [5.41, 5.74) is 2.18. The van der Waals surface area contributed by atoms with Crippen LogP contribution in [-0.2, 0) is 17.7 Å². The van der Waals surface area contributed by atoms with Crippen LogP contribution in [0.25, 0.3) is 0 Å². The van der Waals surface area contributed by atoms with Gasteiger partial charge in [0.25, 0.3) is 0 Å². The number of nitrogens with zero attached hydrogens (tertiary/aromatic N) is 2. The molecule has 1 aromatic heterocycles. The van der Waals surface area contributed by atoms with Crippen molar-refractivity contribution in [2.45, 2.75) is 13.0 Å². The Kier molecular flexibility index (Phi) is 3.47. The molecule has 0 aliphatic carbocycles. The van der Waals surface area contributed by atoms with Crippen molar-refractivity contribution >= 4 is 0 Å². The van der Waals surface area contributed by atoms with Gasteiger partial charge in [-0.05, 0) is 0 Å². The average Bonchev–Trinajstić information content (AvgIpc) is 2.30. The van der Waals surface area contributed by atoms with Gasteiger partial charge in [-0.25, -0.2) is 9.97 Å². The van der Waals surface area contributed by atoms with Crippen molar-refractivity contribution in [3.8, 4) is 5.88 Å². The molecule has 1 N–H and O–H groups in total. The zero-order valence-corrected chi connectivity index (χ0v) is 8.82. The third-order valence-corrected chi connectivity index (χ3v) is 2.36. The highest BCUT2D eigenvalue weighted by atomic mass is 16.5. The summed E-state index contributed by atoms with van der Waals surface area (Å²) in [5.74, 6) is 0.684. The summed E-state index contributed by atoms with van der Waals surface area (Å²) in [5, 5.41) is 3.28. The molecule has 15 heavy (non-hydrogen) atoms. The minimum Gasteiger partial charge on any atom is -0.475 e. The van der Waals surface area contributed by atoms with Crippen LogP contribution in [0.5, 0.6) is 5.88 Å². The van der Waals surface area contributed by atoms with E-state index in [-0.39, 0.29) is 0 Å². The summed E-state index contributed by atoms with van der Waals surface area (Å²) < 4.78 is 10.5. The molecule has 0 saturated carbocycles. The topological polar surface area (TPSA) is 56.3 Å². The van der Waals surface area contributed by atoms with E-state index in [2.05, 4.69) is 15.3 Å². The van der Waals surface area contributed by atoms with Gasteiger partial charge < -0.3 is 14.8 Å². The van der Waals surface area contributed by atoms with E-state index in [0.29, 0.717) is 19.1 Å². The predicted molar refractivity (Wildman–Crippen MR) is 54.8 cm³/mol. The fourth-order valence-electron chi connectivity index (χ4n) is 1.59. The molecule has 1 aliphatic rings. The standard InChI is InChI=1S/C10H15N3O2/c1-14-4-5-15-10-8-6-11-3-2-9(8)12-7-13-10/h7,11H,2-6H2,1H3. The lowest BCUT2D eigenvalue weighted by molar-refractivity contribution is 0.142. The molecule has 2 rings (SSSR count). The highest BCUT2D eigenvalue weighted by molar-refractivity contribution is 5.31. The van der Waals surface area contributed by atoms with E-state index in [9.17, 15) is 0 Å².